The van der Waals surface area contributed by atoms with Crippen molar-refractivity contribution in [1.29, 1.82) is 0 Å². The van der Waals surface area contributed by atoms with E-state index >= 15 is 0 Å². The lowest BCUT2D eigenvalue weighted by Gasteiger charge is -2.72. The van der Waals surface area contributed by atoms with Gasteiger partial charge < -0.3 is 0 Å². The minimum Gasteiger partial charge on any atom is -0.0648 e. The lowest BCUT2D eigenvalue weighted by Crippen LogP contribution is -2.67. The van der Waals surface area contributed by atoms with Crippen LogP contribution in [-0.4, -0.2) is 0 Å². The number of hydrogen-bond acceptors (Lipinski definition) is 0. The van der Waals surface area contributed by atoms with Crippen molar-refractivity contribution in [2.24, 2.45) is 80.3 Å². The van der Waals surface area contributed by atoms with Crippen molar-refractivity contribution in [3.05, 3.63) is 0 Å². The summed E-state index contributed by atoms with van der Waals surface area (Å²) in [6, 6.07) is 0. The Morgan fingerprint density at radius 2 is 1.61 bits per heavy atom. The SMILES string of the molecule is CCC12CC3CC(C1C(C)C(C)(C)C)C(C)(C)C1CC(C)C4CCC(C)(C1C)C2(C)C34. The van der Waals surface area contributed by atoms with Gasteiger partial charge in [-0.05, 0) is 119 Å². The molecule has 6 aliphatic rings. The van der Waals surface area contributed by atoms with Gasteiger partial charge in [0.1, 0.15) is 0 Å². The van der Waals surface area contributed by atoms with E-state index in [4.69, 9.17) is 0 Å². The van der Waals surface area contributed by atoms with Crippen molar-refractivity contribution in [2.45, 2.75) is 115 Å². The van der Waals surface area contributed by atoms with Crippen LogP contribution in [0.3, 0.4) is 0 Å². The van der Waals surface area contributed by atoms with E-state index in [0.29, 0.717) is 27.1 Å². The quantitative estimate of drug-likeness (QED) is 0.413. The molecule has 6 fully saturated rings. The summed E-state index contributed by atoms with van der Waals surface area (Å²) in [5.74, 6) is 8.23. The molecule has 178 valence electrons. The van der Waals surface area contributed by atoms with E-state index in [0.717, 1.165) is 53.3 Å². The molecular formula is C31H54. The molecule has 6 aliphatic carbocycles. The Kier molecular flexibility index (Phi) is 4.67. The summed E-state index contributed by atoms with van der Waals surface area (Å²) in [5.41, 5.74) is 2.42. The first-order valence-electron chi connectivity index (χ1n) is 14.2. The standard InChI is InChI=1S/C31H54/c1-12-31-17-21-16-24(25(31)20(4)27(5,6)7)28(8,9)23-15-18(2)22-13-14-29(10,19(23)3)30(31,11)26(21)22/h18-26H,12-17H2,1-11H3. The first-order valence-corrected chi connectivity index (χ1v) is 14.2. The molecule has 0 amide bonds. The fourth-order valence-electron chi connectivity index (χ4n) is 12.5. The summed E-state index contributed by atoms with van der Waals surface area (Å²) in [6.45, 7) is 29.6. The molecular weight excluding hydrogens is 372 g/mol. The second-order valence-electron chi connectivity index (χ2n) is 15.8. The van der Waals surface area contributed by atoms with Crippen molar-refractivity contribution in [3.63, 3.8) is 0 Å². The zero-order valence-corrected chi connectivity index (χ0v) is 22.9. The van der Waals surface area contributed by atoms with Crippen LogP contribution < -0.4 is 0 Å². The van der Waals surface area contributed by atoms with Crippen LogP contribution in [0.15, 0.2) is 0 Å². The van der Waals surface area contributed by atoms with Gasteiger partial charge in [0.05, 0.1) is 0 Å². The van der Waals surface area contributed by atoms with E-state index in [-0.39, 0.29) is 0 Å². The van der Waals surface area contributed by atoms with E-state index in [1.165, 1.54) is 25.7 Å². The molecule has 0 aromatic heterocycles. The Hall–Kier alpha value is 0. The number of fused-ring (bicyclic) bond motifs is 4. The van der Waals surface area contributed by atoms with Crippen molar-refractivity contribution < 1.29 is 0 Å². The van der Waals surface area contributed by atoms with Gasteiger partial charge in [0, 0.05) is 0 Å². The maximum atomic E-state index is 2.89. The fourth-order valence-corrected chi connectivity index (χ4v) is 12.5. The molecule has 0 aromatic carbocycles. The van der Waals surface area contributed by atoms with Gasteiger partial charge in [-0.1, -0.05) is 76.2 Å². The Morgan fingerprint density at radius 1 is 0.968 bits per heavy atom. The zero-order chi connectivity index (χ0) is 22.9. The van der Waals surface area contributed by atoms with Gasteiger partial charge >= 0.3 is 0 Å². The Labute approximate surface area is 195 Å². The zero-order valence-electron chi connectivity index (χ0n) is 22.9. The molecule has 0 nitrogen and oxygen atoms in total. The van der Waals surface area contributed by atoms with Gasteiger partial charge in [0.2, 0.25) is 0 Å². The molecule has 0 heteroatoms. The monoisotopic (exact) mass is 426 g/mol. The molecule has 0 radical (unpaired) electrons. The molecule has 0 spiro atoms. The van der Waals surface area contributed by atoms with Gasteiger partial charge in [0.15, 0.2) is 0 Å². The van der Waals surface area contributed by atoms with Crippen LogP contribution in [0.4, 0.5) is 0 Å². The minimum absolute atomic E-state index is 0.393. The normalized spacial score (nSPS) is 58.2. The third kappa shape index (κ3) is 2.35. The highest BCUT2D eigenvalue weighted by Gasteiger charge is 2.79. The van der Waals surface area contributed by atoms with E-state index in [9.17, 15) is 0 Å². The molecule has 31 heavy (non-hydrogen) atoms. The van der Waals surface area contributed by atoms with Gasteiger partial charge in [-0.2, -0.15) is 0 Å². The van der Waals surface area contributed by atoms with E-state index in [1.807, 2.05) is 0 Å². The van der Waals surface area contributed by atoms with Crippen LogP contribution in [0.2, 0.25) is 0 Å². The fraction of sp³-hybridized carbons (Fsp3) is 1.00. The Balaban J connectivity index is 1.86. The Bertz CT molecular complexity index is 740. The average Bonchev–Trinajstić information content (AvgIpc) is 2.90. The predicted molar refractivity (Wildman–Crippen MR) is 134 cm³/mol. The van der Waals surface area contributed by atoms with Crippen LogP contribution in [0.1, 0.15) is 115 Å². The summed E-state index contributed by atoms with van der Waals surface area (Å²) in [7, 11) is 0. The van der Waals surface area contributed by atoms with Crippen LogP contribution in [0.5, 0.6) is 0 Å². The third-order valence-electron chi connectivity index (χ3n) is 14.5. The topological polar surface area (TPSA) is 0 Å². The van der Waals surface area contributed by atoms with Crippen molar-refractivity contribution in [1.82, 2.24) is 0 Å². The lowest BCUT2D eigenvalue weighted by atomic mass is 9.32. The highest BCUT2D eigenvalue weighted by atomic mass is 14.8. The average molecular weight is 427 g/mol. The molecule has 6 rings (SSSR count). The smallest absolute Gasteiger partial charge is 0.0176 e. The van der Waals surface area contributed by atoms with Crippen LogP contribution in [0, 0.1) is 80.3 Å². The maximum Gasteiger partial charge on any atom is -0.0176 e. The molecule has 0 saturated heterocycles. The highest BCUT2D eigenvalue weighted by molar-refractivity contribution is 5.27. The second kappa shape index (κ2) is 6.36. The lowest BCUT2D eigenvalue weighted by molar-refractivity contribution is -0.247. The van der Waals surface area contributed by atoms with E-state index in [2.05, 4.69) is 76.2 Å². The largest absolute Gasteiger partial charge is 0.0648 e. The molecule has 0 heterocycles. The molecule has 12 atom stereocenters. The first kappa shape index (κ1) is 22.8. The third-order valence-corrected chi connectivity index (χ3v) is 14.5. The van der Waals surface area contributed by atoms with Crippen LogP contribution in [0.25, 0.3) is 0 Å². The molecule has 0 N–H and O–H groups in total. The Morgan fingerprint density at radius 3 is 2.19 bits per heavy atom. The molecule has 6 saturated carbocycles. The summed E-state index contributed by atoms with van der Waals surface area (Å²) in [5, 5.41) is 0. The van der Waals surface area contributed by atoms with Gasteiger partial charge in [0.25, 0.3) is 0 Å². The second-order valence-corrected chi connectivity index (χ2v) is 15.8. The van der Waals surface area contributed by atoms with E-state index in [1.54, 1.807) is 12.8 Å². The summed E-state index contributed by atoms with van der Waals surface area (Å²) < 4.78 is 0. The minimum atomic E-state index is 0.393. The van der Waals surface area contributed by atoms with Gasteiger partial charge in [-0.3, -0.25) is 0 Å². The van der Waals surface area contributed by atoms with Crippen LogP contribution >= 0.6 is 0 Å². The molecule has 12 unspecified atom stereocenters. The highest BCUT2D eigenvalue weighted by Crippen LogP contribution is 2.85. The van der Waals surface area contributed by atoms with Crippen molar-refractivity contribution in [3.8, 4) is 0 Å². The van der Waals surface area contributed by atoms with Crippen molar-refractivity contribution in [2.75, 3.05) is 0 Å². The molecule has 7 bridgehead atoms. The van der Waals surface area contributed by atoms with E-state index < -0.39 is 0 Å². The summed E-state index contributed by atoms with van der Waals surface area (Å²) in [4.78, 5) is 0. The van der Waals surface area contributed by atoms with Gasteiger partial charge in [-0.15, -0.1) is 0 Å². The molecule has 0 aliphatic heterocycles. The summed E-state index contributed by atoms with van der Waals surface area (Å²) >= 11 is 0. The predicted octanol–water partition coefficient (Wildman–Crippen LogP) is 9.09. The van der Waals surface area contributed by atoms with Crippen LogP contribution in [-0.2, 0) is 0 Å². The number of hydrogen-bond donors (Lipinski definition) is 0. The first-order chi connectivity index (χ1) is 14.2. The van der Waals surface area contributed by atoms with Gasteiger partial charge in [-0.25, -0.2) is 0 Å². The maximum absolute atomic E-state index is 2.89. The summed E-state index contributed by atoms with van der Waals surface area (Å²) in [6.07, 6.45) is 9.04. The van der Waals surface area contributed by atoms with Crippen molar-refractivity contribution >= 4 is 0 Å². The number of rotatable bonds is 2. The molecule has 0 aromatic rings.